The van der Waals surface area contributed by atoms with Crippen molar-refractivity contribution in [1.82, 2.24) is 10.3 Å². The summed E-state index contributed by atoms with van der Waals surface area (Å²) in [7, 11) is 0. The summed E-state index contributed by atoms with van der Waals surface area (Å²) in [6.45, 7) is 5.04. The van der Waals surface area contributed by atoms with Gasteiger partial charge in [0.25, 0.3) is 11.9 Å². The van der Waals surface area contributed by atoms with Crippen molar-refractivity contribution in [2.24, 2.45) is 10.2 Å². The number of nitrogens with zero attached hydrogens (tertiary/aromatic N) is 3. The predicted octanol–water partition coefficient (Wildman–Crippen LogP) is 3.97. The zero-order valence-electron chi connectivity index (χ0n) is 16.2. The van der Waals surface area contributed by atoms with Crippen LogP contribution in [-0.2, 0) is 0 Å². The SMILES string of the molecule is CCNCCNc1nc2cc(C(=O)N=NC3CCOc4ccccc43)ccc2o1. The summed E-state index contributed by atoms with van der Waals surface area (Å²) in [6.07, 6.45) is 0.692. The van der Waals surface area contributed by atoms with Gasteiger partial charge in [-0.15, -0.1) is 5.11 Å². The molecule has 1 aromatic heterocycles. The Hall–Kier alpha value is -3.26. The van der Waals surface area contributed by atoms with Gasteiger partial charge in [0.1, 0.15) is 17.3 Å². The average Bonchev–Trinajstić information content (AvgIpc) is 3.17. The largest absolute Gasteiger partial charge is 0.493 e. The molecule has 0 saturated carbocycles. The molecule has 1 amide bonds. The van der Waals surface area contributed by atoms with Crippen molar-refractivity contribution < 1.29 is 13.9 Å². The molecule has 1 atom stereocenters. The Labute approximate surface area is 168 Å². The van der Waals surface area contributed by atoms with Crippen molar-refractivity contribution in [3.63, 3.8) is 0 Å². The lowest BCUT2D eigenvalue weighted by atomic mass is 10.0. The molecule has 1 unspecified atom stereocenters. The number of oxazole rings is 1. The van der Waals surface area contributed by atoms with E-state index in [0.717, 1.165) is 24.4 Å². The van der Waals surface area contributed by atoms with Crippen molar-refractivity contribution in [2.75, 3.05) is 31.6 Å². The zero-order valence-corrected chi connectivity index (χ0v) is 16.2. The highest BCUT2D eigenvalue weighted by molar-refractivity contribution is 5.97. The number of amides is 1. The first kappa shape index (κ1) is 19.1. The molecule has 8 heteroatoms. The van der Waals surface area contributed by atoms with Crippen LogP contribution in [0.1, 0.15) is 35.3 Å². The van der Waals surface area contributed by atoms with Crippen LogP contribution in [0.5, 0.6) is 5.75 Å². The lowest BCUT2D eigenvalue weighted by Crippen LogP contribution is -2.21. The Bertz CT molecular complexity index is 1030. The van der Waals surface area contributed by atoms with Crippen LogP contribution < -0.4 is 15.4 Å². The highest BCUT2D eigenvalue weighted by Gasteiger charge is 2.21. The third-order valence-corrected chi connectivity index (χ3v) is 4.68. The van der Waals surface area contributed by atoms with E-state index in [1.165, 1.54) is 0 Å². The number of ether oxygens (including phenoxy) is 1. The first-order valence-corrected chi connectivity index (χ1v) is 9.76. The van der Waals surface area contributed by atoms with E-state index in [-0.39, 0.29) is 6.04 Å². The Morgan fingerprint density at radius 1 is 1.24 bits per heavy atom. The summed E-state index contributed by atoms with van der Waals surface area (Å²) in [5.41, 5.74) is 2.60. The smallest absolute Gasteiger partial charge is 0.295 e. The fourth-order valence-electron chi connectivity index (χ4n) is 3.19. The lowest BCUT2D eigenvalue weighted by molar-refractivity contribution is 0.0991. The molecule has 1 aliphatic heterocycles. The summed E-state index contributed by atoms with van der Waals surface area (Å²) in [6, 6.07) is 13.0. The van der Waals surface area contributed by atoms with Crippen LogP contribution in [-0.4, -0.2) is 37.1 Å². The number of nitrogens with one attached hydrogen (secondary N) is 2. The lowest BCUT2D eigenvalue weighted by Gasteiger charge is -2.21. The quantitative estimate of drug-likeness (QED) is 0.465. The number of hydrogen-bond donors (Lipinski definition) is 2. The average molecular weight is 393 g/mol. The second-order valence-corrected chi connectivity index (χ2v) is 6.69. The van der Waals surface area contributed by atoms with Crippen molar-refractivity contribution in [3.8, 4) is 5.75 Å². The number of para-hydroxylation sites is 1. The minimum Gasteiger partial charge on any atom is -0.493 e. The molecule has 150 valence electrons. The van der Waals surface area contributed by atoms with Gasteiger partial charge in [0.05, 0.1) is 6.61 Å². The molecule has 29 heavy (non-hydrogen) atoms. The summed E-state index contributed by atoms with van der Waals surface area (Å²) in [4.78, 5) is 16.9. The number of carbonyl (C=O) groups is 1. The van der Waals surface area contributed by atoms with Gasteiger partial charge in [0, 0.05) is 30.6 Å². The van der Waals surface area contributed by atoms with E-state index >= 15 is 0 Å². The van der Waals surface area contributed by atoms with E-state index in [0.29, 0.717) is 42.3 Å². The second-order valence-electron chi connectivity index (χ2n) is 6.69. The zero-order chi connectivity index (χ0) is 20.1. The van der Waals surface area contributed by atoms with Gasteiger partial charge in [-0.1, -0.05) is 25.1 Å². The van der Waals surface area contributed by atoms with E-state index in [9.17, 15) is 4.79 Å². The van der Waals surface area contributed by atoms with Crippen LogP contribution in [0.25, 0.3) is 11.1 Å². The minimum absolute atomic E-state index is 0.174. The third kappa shape index (κ3) is 4.43. The minimum atomic E-state index is -0.402. The molecule has 0 bridgehead atoms. The first-order valence-electron chi connectivity index (χ1n) is 9.76. The van der Waals surface area contributed by atoms with E-state index in [1.54, 1.807) is 18.2 Å². The summed E-state index contributed by atoms with van der Waals surface area (Å²) >= 11 is 0. The molecule has 3 aromatic rings. The summed E-state index contributed by atoms with van der Waals surface area (Å²) < 4.78 is 11.3. The van der Waals surface area contributed by atoms with Gasteiger partial charge < -0.3 is 19.8 Å². The van der Waals surface area contributed by atoms with Gasteiger partial charge in [0.15, 0.2) is 5.58 Å². The van der Waals surface area contributed by atoms with Crippen LogP contribution in [0.2, 0.25) is 0 Å². The first-order chi connectivity index (χ1) is 14.2. The van der Waals surface area contributed by atoms with E-state index < -0.39 is 5.91 Å². The predicted molar refractivity (Wildman–Crippen MR) is 110 cm³/mol. The second kappa shape index (κ2) is 8.83. The number of anilines is 1. The van der Waals surface area contributed by atoms with Crippen molar-refractivity contribution in [1.29, 1.82) is 0 Å². The molecule has 2 aromatic carbocycles. The fourth-order valence-corrected chi connectivity index (χ4v) is 3.19. The number of likely N-dealkylation sites (N-methyl/N-ethyl adjacent to an activating group) is 1. The maximum absolute atomic E-state index is 12.5. The molecule has 0 aliphatic carbocycles. The van der Waals surface area contributed by atoms with Crippen LogP contribution in [0.4, 0.5) is 6.01 Å². The Morgan fingerprint density at radius 3 is 3.03 bits per heavy atom. The number of fused-ring (bicyclic) bond motifs is 2. The molecule has 2 heterocycles. The molecule has 2 N–H and O–H groups in total. The Kier molecular flexibility index (Phi) is 5.81. The molecule has 0 radical (unpaired) electrons. The van der Waals surface area contributed by atoms with Gasteiger partial charge in [-0.3, -0.25) is 4.79 Å². The molecule has 1 aliphatic rings. The fraction of sp³-hybridized carbons (Fsp3) is 0.333. The summed E-state index contributed by atoms with van der Waals surface area (Å²) in [5, 5.41) is 14.6. The Morgan fingerprint density at radius 2 is 2.14 bits per heavy atom. The van der Waals surface area contributed by atoms with Crippen LogP contribution in [0.3, 0.4) is 0 Å². The number of carbonyl (C=O) groups excluding carboxylic acids is 1. The van der Waals surface area contributed by atoms with Gasteiger partial charge in [-0.2, -0.15) is 10.1 Å². The molecule has 0 fully saturated rings. The number of aromatic nitrogens is 1. The van der Waals surface area contributed by atoms with Crippen LogP contribution >= 0.6 is 0 Å². The van der Waals surface area contributed by atoms with Gasteiger partial charge in [-0.25, -0.2) is 0 Å². The number of benzene rings is 2. The van der Waals surface area contributed by atoms with Gasteiger partial charge in [-0.05, 0) is 30.8 Å². The third-order valence-electron chi connectivity index (χ3n) is 4.68. The number of rotatable bonds is 7. The number of azo groups is 1. The molecule has 4 rings (SSSR count). The molecule has 0 saturated heterocycles. The monoisotopic (exact) mass is 393 g/mol. The highest BCUT2D eigenvalue weighted by Crippen LogP contribution is 2.34. The van der Waals surface area contributed by atoms with Gasteiger partial charge >= 0.3 is 0 Å². The molecule has 8 nitrogen and oxygen atoms in total. The normalized spacial score (nSPS) is 16.0. The van der Waals surface area contributed by atoms with Crippen molar-refractivity contribution in [2.45, 2.75) is 19.4 Å². The van der Waals surface area contributed by atoms with E-state index in [2.05, 4.69) is 32.8 Å². The van der Waals surface area contributed by atoms with Crippen LogP contribution in [0, 0.1) is 0 Å². The summed E-state index contributed by atoms with van der Waals surface area (Å²) in [5.74, 6) is 0.397. The molecular formula is C21H23N5O3. The highest BCUT2D eigenvalue weighted by atomic mass is 16.5. The van der Waals surface area contributed by atoms with E-state index in [4.69, 9.17) is 9.15 Å². The maximum atomic E-state index is 12.5. The van der Waals surface area contributed by atoms with Gasteiger partial charge in [0.2, 0.25) is 0 Å². The van der Waals surface area contributed by atoms with Crippen LogP contribution in [0.15, 0.2) is 57.1 Å². The molecule has 0 spiro atoms. The van der Waals surface area contributed by atoms with E-state index in [1.807, 2.05) is 24.3 Å². The maximum Gasteiger partial charge on any atom is 0.295 e. The number of hydrogen-bond acceptors (Lipinski definition) is 7. The Balaban J connectivity index is 1.45. The van der Waals surface area contributed by atoms with Crippen molar-refractivity contribution in [3.05, 3.63) is 53.6 Å². The molecular weight excluding hydrogens is 370 g/mol. The standard InChI is InChI=1S/C21H23N5O3/c1-2-22-10-11-23-21-24-17-13-14(7-8-19(17)29-21)20(27)26-25-16-9-12-28-18-6-4-3-5-15(16)18/h3-8,13,16,22H,2,9-12H2,1H3,(H,23,24). The van der Waals surface area contributed by atoms with Crippen molar-refractivity contribution >= 4 is 23.0 Å². The topological polar surface area (TPSA) is 101 Å².